The van der Waals surface area contributed by atoms with Gasteiger partial charge in [0.05, 0.1) is 6.04 Å². The SMILES string of the molecule is C[C@H]1NC(=O)[C@H](O)[C@@H](O)[C@@H]1O. The summed E-state index contributed by atoms with van der Waals surface area (Å²) in [6, 6.07) is -0.513. The Balaban J connectivity index is 2.70. The summed E-state index contributed by atoms with van der Waals surface area (Å²) >= 11 is 0. The average molecular weight is 161 g/mol. The van der Waals surface area contributed by atoms with Crippen molar-refractivity contribution in [3.05, 3.63) is 0 Å². The van der Waals surface area contributed by atoms with Crippen molar-refractivity contribution >= 4 is 5.91 Å². The quantitative estimate of drug-likeness (QED) is 0.318. The number of nitrogens with one attached hydrogen (secondary N) is 1. The predicted molar refractivity (Wildman–Crippen MR) is 35.6 cm³/mol. The molecule has 0 aromatic heterocycles. The number of rotatable bonds is 0. The van der Waals surface area contributed by atoms with E-state index in [1.54, 1.807) is 6.92 Å². The molecule has 0 bridgehead atoms. The van der Waals surface area contributed by atoms with Gasteiger partial charge in [0.25, 0.3) is 5.91 Å². The van der Waals surface area contributed by atoms with Crippen molar-refractivity contribution in [2.75, 3.05) is 0 Å². The first-order valence-electron chi connectivity index (χ1n) is 3.38. The minimum absolute atomic E-state index is 0.513. The number of amides is 1. The second-order valence-electron chi connectivity index (χ2n) is 2.72. The molecule has 0 radical (unpaired) electrons. The lowest BCUT2D eigenvalue weighted by Gasteiger charge is -2.33. The predicted octanol–water partition coefficient (Wildman–Crippen LogP) is -2.41. The highest BCUT2D eigenvalue weighted by Gasteiger charge is 2.39. The molecule has 0 aromatic rings. The first-order chi connectivity index (χ1) is 5.04. The fourth-order valence-electron chi connectivity index (χ4n) is 1.03. The number of aliphatic hydroxyl groups is 3. The summed E-state index contributed by atoms with van der Waals surface area (Å²) < 4.78 is 0. The molecule has 1 aliphatic rings. The van der Waals surface area contributed by atoms with Crippen molar-refractivity contribution in [1.29, 1.82) is 0 Å². The average Bonchev–Trinajstić information content (AvgIpc) is 1.97. The van der Waals surface area contributed by atoms with Gasteiger partial charge >= 0.3 is 0 Å². The van der Waals surface area contributed by atoms with Crippen LogP contribution in [0.3, 0.4) is 0 Å². The van der Waals surface area contributed by atoms with Crippen molar-refractivity contribution in [3.63, 3.8) is 0 Å². The zero-order chi connectivity index (χ0) is 8.59. The molecule has 0 unspecified atom stereocenters. The Bertz CT molecular complexity index is 172. The van der Waals surface area contributed by atoms with Crippen LogP contribution in [0.25, 0.3) is 0 Å². The van der Waals surface area contributed by atoms with Gasteiger partial charge in [-0.2, -0.15) is 0 Å². The van der Waals surface area contributed by atoms with Gasteiger partial charge in [0.2, 0.25) is 0 Å². The zero-order valence-electron chi connectivity index (χ0n) is 6.06. The van der Waals surface area contributed by atoms with Gasteiger partial charge in [0.15, 0.2) is 6.10 Å². The van der Waals surface area contributed by atoms with Crippen molar-refractivity contribution in [2.24, 2.45) is 0 Å². The van der Waals surface area contributed by atoms with E-state index >= 15 is 0 Å². The fraction of sp³-hybridized carbons (Fsp3) is 0.833. The Hall–Kier alpha value is -0.650. The van der Waals surface area contributed by atoms with Crippen molar-refractivity contribution in [1.82, 2.24) is 5.32 Å². The van der Waals surface area contributed by atoms with Gasteiger partial charge in [-0.3, -0.25) is 4.79 Å². The van der Waals surface area contributed by atoms with Gasteiger partial charge in [-0.25, -0.2) is 0 Å². The summed E-state index contributed by atoms with van der Waals surface area (Å²) in [5.74, 6) is -0.643. The van der Waals surface area contributed by atoms with Crippen molar-refractivity contribution in [3.8, 4) is 0 Å². The number of hydrogen-bond acceptors (Lipinski definition) is 4. The Morgan fingerprint density at radius 1 is 1.27 bits per heavy atom. The summed E-state index contributed by atoms with van der Waals surface area (Å²) in [6.07, 6.45) is -3.98. The monoisotopic (exact) mass is 161 g/mol. The van der Waals surface area contributed by atoms with E-state index in [0.717, 1.165) is 0 Å². The molecule has 0 spiro atoms. The van der Waals surface area contributed by atoms with Gasteiger partial charge in [-0.05, 0) is 6.92 Å². The molecule has 1 rings (SSSR count). The molecule has 5 heteroatoms. The first-order valence-corrected chi connectivity index (χ1v) is 3.38. The molecule has 1 heterocycles. The molecule has 1 fully saturated rings. The number of hydrogen-bond donors (Lipinski definition) is 4. The number of piperidine rings is 1. The van der Waals surface area contributed by atoms with Crippen LogP contribution in [0.4, 0.5) is 0 Å². The summed E-state index contributed by atoms with van der Waals surface area (Å²) in [5.41, 5.74) is 0. The highest BCUT2D eigenvalue weighted by Crippen LogP contribution is 2.10. The number of carbonyl (C=O) groups is 1. The molecule has 1 amide bonds. The van der Waals surface area contributed by atoms with E-state index in [1.807, 2.05) is 0 Å². The zero-order valence-corrected chi connectivity index (χ0v) is 6.06. The van der Waals surface area contributed by atoms with Crippen LogP contribution in [-0.2, 0) is 4.79 Å². The van der Waals surface area contributed by atoms with Crippen molar-refractivity contribution < 1.29 is 20.1 Å². The van der Waals surface area contributed by atoms with E-state index in [2.05, 4.69) is 5.32 Å². The molecular weight excluding hydrogens is 150 g/mol. The van der Waals surface area contributed by atoms with E-state index in [0.29, 0.717) is 0 Å². The fourth-order valence-corrected chi connectivity index (χ4v) is 1.03. The summed E-state index contributed by atoms with van der Waals surface area (Å²) in [4.78, 5) is 10.7. The van der Waals surface area contributed by atoms with Gasteiger partial charge in [-0.15, -0.1) is 0 Å². The largest absolute Gasteiger partial charge is 0.388 e. The lowest BCUT2D eigenvalue weighted by Crippen LogP contribution is -2.61. The van der Waals surface area contributed by atoms with Crippen LogP contribution in [-0.4, -0.2) is 45.6 Å². The van der Waals surface area contributed by atoms with Crippen LogP contribution in [0.1, 0.15) is 6.92 Å². The lowest BCUT2D eigenvalue weighted by molar-refractivity contribution is -0.152. The van der Waals surface area contributed by atoms with Gasteiger partial charge < -0.3 is 20.6 Å². The Morgan fingerprint density at radius 3 is 2.36 bits per heavy atom. The maximum atomic E-state index is 10.7. The lowest BCUT2D eigenvalue weighted by atomic mass is 9.97. The van der Waals surface area contributed by atoms with E-state index < -0.39 is 30.3 Å². The second-order valence-corrected chi connectivity index (χ2v) is 2.72. The summed E-state index contributed by atoms with van der Waals surface area (Å²) in [6.45, 7) is 1.55. The molecule has 0 saturated carbocycles. The number of carbonyl (C=O) groups excluding carboxylic acids is 1. The molecule has 1 aliphatic heterocycles. The molecule has 0 aromatic carbocycles. The highest BCUT2D eigenvalue weighted by atomic mass is 16.4. The maximum Gasteiger partial charge on any atom is 0.251 e. The van der Waals surface area contributed by atoms with Crippen molar-refractivity contribution in [2.45, 2.75) is 31.3 Å². The molecular formula is C6H11NO4. The second kappa shape index (κ2) is 2.77. The maximum absolute atomic E-state index is 10.7. The van der Waals surface area contributed by atoms with E-state index in [-0.39, 0.29) is 0 Å². The van der Waals surface area contributed by atoms with Crippen LogP contribution in [0.2, 0.25) is 0 Å². The molecule has 11 heavy (non-hydrogen) atoms. The summed E-state index contributed by atoms with van der Waals surface area (Å²) in [7, 11) is 0. The molecule has 4 N–H and O–H groups in total. The molecule has 5 nitrogen and oxygen atoms in total. The number of aliphatic hydroxyl groups excluding tert-OH is 3. The van der Waals surface area contributed by atoms with E-state index in [4.69, 9.17) is 15.3 Å². The van der Waals surface area contributed by atoms with Crippen LogP contribution in [0.5, 0.6) is 0 Å². The Labute approximate surface area is 63.7 Å². The standard InChI is InChI=1S/C6H11NO4/c1-2-3(8)4(9)5(10)6(11)7-2/h2-5,8-10H,1H3,(H,7,11)/t2-,3-,4+,5-/m1/s1. The van der Waals surface area contributed by atoms with E-state index in [9.17, 15) is 4.79 Å². The Morgan fingerprint density at radius 2 is 1.82 bits per heavy atom. The third kappa shape index (κ3) is 1.35. The van der Waals surface area contributed by atoms with Crippen LogP contribution < -0.4 is 5.32 Å². The normalized spacial score (nSPS) is 45.3. The van der Waals surface area contributed by atoms with E-state index in [1.165, 1.54) is 0 Å². The van der Waals surface area contributed by atoms with Gasteiger partial charge in [-0.1, -0.05) is 0 Å². The molecule has 0 aliphatic carbocycles. The topological polar surface area (TPSA) is 89.8 Å². The third-order valence-electron chi connectivity index (χ3n) is 1.82. The summed E-state index contributed by atoms with van der Waals surface area (Å²) in [5, 5.41) is 29.4. The minimum atomic E-state index is -1.51. The van der Waals surface area contributed by atoms with Gasteiger partial charge in [0, 0.05) is 0 Å². The molecule has 1 saturated heterocycles. The Kier molecular flexibility index (Phi) is 2.12. The highest BCUT2D eigenvalue weighted by molar-refractivity contribution is 5.82. The third-order valence-corrected chi connectivity index (χ3v) is 1.82. The smallest absolute Gasteiger partial charge is 0.251 e. The molecule has 64 valence electrons. The van der Waals surface area contributed by atoms with Crippen LogP contribution in [0.15, 0.2) is 0 Å². The van der Waals surface area contributed by atoms with Gasteiger partial charge in [0.1, 0.15) is 12.2 Å². The minimum Gasteiger partial charge on any atom is -0.388 e. The molecule has 4 atom stereocenters. The van der Waals surface area contributed by atoms with Crippen LogP contribution in [0, 0.1) is 0 Å². The van der Waals surface area contributed by atoms with Crippen LogP contribution >= 0.6 is 0 Å². The first kappa shape index (κ1) is 8.45.